The van der Waals surface area contributed by atoms with Crippen LogP contribution in [0.15, 0.2) is 29.5 Å². The average Bonchev–Trinajstić information content (AvgIpc) is 2.81. The summed E-state index contributed by atoms with van der Waals surface area (Å²) in [6, 6.07) is 1.57. The first-order valence-electron chi connectivity index (χ1n) is 11.1. The van der Waals surface area contributed by atoms with Crippen molar-refractivity contribution >= 4 is 22.8 Å². The number of anilines is 1. The summed E-state index contributed by atoms with van der Waals surface area (Å²) in [6.07, 6.45) is -0.307. The molecule has 3 aromatic rings. The van der Waals surface area contributed by atoms with E-state index in [1.54, 1.807) is 11.8 Å². The van der Waals surface area contributed by atoms with Gasteiger partial charge in [-0.2, -0.15) is 0 Å². The Balaban J connectivity index is 1.75. The van der Waals surface area contributed by atoms with E-state index in [1.807, 2.05) is 0 Å². The van der Waals surface area contributed by atoms with Gasteiger partial charge in [-0.3, -0.25) is 19.1 Å². The summed E-state index contributed by atoms with van der Waals surface area (Å²) in [5.74, 6) is -1.00. The summed E-state index contributed by atoms with van der Waals surface area (Å²) in [5, 5.41) is 14.7. The van der Waals surface area contributed by atoms with Crippen LogP contribution in [0.3, 0.4) is 0 Å². The van der Waals surface area contributed by atoms with Crippen molar-refractivity contribution in [3.05, 3.63) is 57.6 Å². The van der Waals surface area contributed by atoms with Crippen LogP contribution in [-0.4, -0.2) is 48.5 Å². The Hall–Kier alpha value is -3.54. The van der Waals surface area contributed by atoms with Crippen LogP contribution in [0, 0.1) is 5.82 Å². The van der Waals surface area contributed by atoms with Crippen molar-refractivity contribution in [3.8, 4) is 0 Å². The molecular weight excluding hydrogens is 465 g/mol. The Kier molecular flexibility index (Phi) is 6.50. The lowest BCUT2D eigenvalue weighted by Crippen LogP contribution is -2.47. The standard InChI is InChI=1S/C23H25F3N6O3/c1-12(18-17(24)14(19(25)26)4-7-27-18)30-20-15-10-16(22(34)31(3)21(15)29-11-28-20)23(35)5-8-32(9-6-23)13(2)33/h4,7,10-12,19,35H,5-6,8-9H2,1-3H3,(H,28,29,30). The molecule has 4 heterocycles. The van der Waals surface area contributed by atoms with E-state index < -0.39 is 35.0 Å². The van der Waals surface area contributed by atoms with E-state index in [9.17, 15) is 27.9 Å². The Morgan fingerprint density at radius 2 is 1.91 bits per heavy atom. The normalized spacial score (nSPS) is 16.5. The monoisotopic (exact) mass is 490 g/mol. The lowest BCUT2D eigenvalue weighted by molar-refractivity contribution is -0.133. The molecule has 3 aromatic heterocycles. The maximum absolute atomic E-state index is 14.6. The number of halogens is 3. The molecule has 0 radical (unpaired) electrons. The number of hydrogen-bond acceptors (Lipinski definition) is 7. The van der Waals surface area contributed by atoms with Gasteiger partial charge >= 0.3 is 0 Å². The highest BCUT2D eigenvalue weighted by Crippen LogP contribution is 2.34. The Labute approximate surface area is 198 Å². The Morgan fingerprint density at radius 1 is 1.23 bits per heavy atom. The van der Waals surface area contributed by atoms with Gasteiger partial charge in [-0.1, -0.05) is 0 Å². The van der Waals surface area contributed by atoms with Gasteiger partial charge in [0.15, 0.2) is 5.82 Å². The van der Waals surface area contributed by atoms with Crippen LogP contribution in [0.4, 0.5) is 19.0 Å². The molecule has 1 amide bonds. The molecule has 12 heteroatoms. The molecule has 0 aromatic carbocycles. The molecule has 0 bridgehead atoms. The molecule has 1 unspecified atom stereocenters. The minimum absolute atomic E-state index is 0.107. The molecule has 1 aliphatic heterocycles. The number of amides is 1. The van der Waals surface area contributed by atoms with Gasteiger partial charge in [0.1, 0.15) is 17.8 Å². The summed E-state index contributed by atoms with van der Waals surface area (Å²) < 4.78 is 42.2. The fourth-order valence-corrected chi connectivity index (χ4v) is 4.40. The zero-order valence-corrected chi connectivity index (χ0v) is 19.4. The lowest BCUT2D eigenvalue weighted by atomic mass is 9.84. The zero-order valence-electron chi connectivity index (χ0n) is 19.4. The molecule has 0 saturated carbocycles. The molecule has 0 spiro atoms. The fourth-order valence-electron chi connectivity index (χ4n) is 4.40. The molecule has 35 heavy (non-hydrogen) atoms. The highest BCUT2D eigenvalue weighted by molar-refractivity contribution is 5.87. The van der Waals surface area contributed by atoms with Crippen LogP contribution < -0.4 is 10.9 Å². The van der Waals surface area contributed by atoms with E-state index in [1.165, 1.54) is 30.9 Å². The number of pyridine rings is 2. The van der Waals surface area contributed by atoms with Crippen molar-refractivity contribution in [1.82, 2.24) is 24.4 Å². The predicted molar refractivity (Wildman–Crippen MR) is 121 cm³/mol. The van der Waals surface area contributed by atoms with Gasteiger partial charge < -0.3 is 15.3 Å². The maximum atomic E-state index is 14.6. The van der Waals surface area contributed by atoms with Gasteiger partial charge in [0.2, 0.25) is 5.91 Å². The topological polar surface area (TPSA) is 113 Å². The number of likely N-dealkylation sites (tertiary alicyclic amines) is 1. The predicted octanol–water partition coefficient (Wildman–Crippen LogP) is 2.80. The molecule has 1 fully saturated rings. The van der Waals surface area contributed by atoms with Crippen LogP contribution in [-0.2, 0) is 17.4 Å². The molecule has 1 saturated heterocycles. The van der Waals surface area contributed by atoms with E-state index in [0.29, 0.717) is 18.5 Å². The number of piperidine rings is 1. The lowest BCUT2D eigenvalue weighted by Gasteiger charge is -2.37. The van der Waals surface area contributed by atoms with E-state index in [-0.39, 0.29) is 41.5 Å². The van der Waals surface area contributed by atoms with Crippen LogP contribution in [0.1, 0.15) is 56.0 Å². The second-order valence-corrected chi connectivity index (χ2v) is 8.69. The number of nitrogens with zero attached hydrogens (tertiary/aromatic N) is 5. The first-order chi connectivity index (χ1) is 16.5. The van der Waals surface area contributed by atoms with Gasteiger partial charge in [0.25, 0.3) is 12.0 Å². The summed E-state index contributed by atoms with van der Waals surface area (Å²) in [4.78, 5) is 38.7. The smallest absolute Gasteiger partial charge is 0.266 e. The Bertz CT molecular complexity index is 1340. The number of nitrogens with one attached hydrogen (secondary N) is 1. The van der Waals surface area contributed by atoms with Crippen LogP contribution in [0.25, 0.3) is 11.0 Å². The summed E-state index contributed by atoms with van der Waals surface area (Å²) in [5.41, 5.74) is -2.47. The van der Waals surface area contributed by atoms with Crippen LogP contribution >= 0.6 is 0 Å². The molecule has 1 atom stereocenters. The van der Waals surface area contributed by atoms with Crippen LogP contribution in [0.5, 0.6) is 0 Å². The van der Waals surface area contributed by atoms with E-state index in [4.69, 9.17) is 0 Å². The number of aryl methyl sites for hydroxylation is 1. The molecule has 186 valence electrons. The van der Waals surface area contributed by atoms with Crippen molar-refractivity contribution in [2.75, 3.05) is 18.4 Å². The SMILES string of the molecule is CC(=O)N1CCC(O)(c2cc3c(NC(C)c4nccc(C(F)F)c4F)ncnc3n(C)c2=O)CC1. The highest BCUT2D eigenvalue weighted by Gasteiger charge is 2.37. The molecule has 9 nitrogen and oxygen atoms in total. The number of aromatic nitrogens is 4. The van der Waals surface area contributed by atoms with Gasteiger partial charge in [-0.05, 0) is 31.9 Å². The molecule has 1 aliphatic rings. The second-order valence-electron chi connectivity index (χ2n) is 8.69. The van der Waals surface area contributed by atoms with E-state index in [0.717, 1.165) is 12.3 Å². The first kappa shape index (κ1) is 24.6. The minimum Gasteiger partial charge on any atom is -0.385 e. The first-order valence-corrected chi connectivity index (χ1v) is 11.1. The minimum atomic E-state index is -2.99. The number of carbonyl (C=O) groups excluding carboxylic acids is 1. The van der Waals surface area contributed by atoms with E-state index >= 15 is 0 Å². The Morgan fingerprint density at radius 3 is 2.54 bits per heavy atom. The number of hydrogen-bond donors (Lipinski definition) is 2. The largest absolute Gasteiger partial charge is 0.385 e. The van der Waals surface area contributed by atoms with E-state index in [2.05, 4.69) is 20.3 Å². The number of fused-ring (bicyclic) bond motifs is 1. The summed E-state index contributed by atoms with van der Waals surface area (Å²) in [7, 11) is 1.51. The zero-order chi connectivity index (χ0) is 25.5. The maximum Gasteiger partial charge on any atom is 0.266 e. The molecule has 2 N–H and O–H groups in total. The van der Waals surface area contributed by atoms with Crippen LogP contribution in [0.2, 0.25) is 0 Å². The average molecular weight is 490 g/mol. The summed E-state index contributed by atoms with van der Waals surface area (Å²) >= 11 is 0. The number of carbonyl (C=O) groups is 1. The fraction of sp³-hybridized carbons (Fsp3) is 0.435. The van der Waals surface area contributed by atoms with Crippen molar-refractivity contribution < 1.29 is 23.1 Å². The third-order valence-corrected chi connectivity index (χ3v) is 6.49. The quantitative estimate of drug-likeness (QED) is 0.566. The third-order valence-electron chi connectivity index (χ3n) is 6.49. The molecular formula is C23H25F3N6O3. The number of rotatable bonds is 5. The van der Waals surface area contributed by atoms with Crippen molar-refractivity contribution in [2.45, 2.75) is 44.8 Å². The number of aliphatic hydroxyl groups is 1. The molecule has 0 aliphatic carbocycles. The van der Waals surface area contributed by atoms with Crippen molar-refractivity contribution in [2.24, 2.45) is 7.05 Å². The van der Waals surface area contributed by atoms with Gasteiger partial charge in [0, 0.05) is 38.8 Å². The van der Waals surface area contributed by atoms with Crippen molar-refractivity contribution in [1.29, 1.82) is 0 Å². The van der Waals surface area contributed by atoms with Gasteiger partial charge in [-0.25, -0.2) is 23.1 Å². The highest BCUT2D eigenvalue weighted by atomic mass is 19.3. The van der Waals surface area contributed by atoms with Gasteiger partial charge in [-0.15, -0.1) is 0 Å². The third kappa shape index (κ3) is 4.45. The number of alkyl halides is 2. The van der Waals surface area contributed by atoms with Gasteiger partial charge in [0.05, 0.1) is 28.3 Å². The molecule has 4 rings (SSSR count). The summed E-state index contributed by atoms with van der Waals surface area (Å²) in [6.45, 7) is 3.59. The van der Waals surface area contributed by atoms with Crippen molar-refractivity contribution in [3.63, 3.8) is 0 Å². The second kappa shape index (κ2) is 9.25.